The fourth-order valence-corrected chi connectivity index (χ4v) is 13.7. The highest BCUT2D eigenvalue weighted by Crippen LogP contribution is 2.52. The van der Waals surface area contributed by atoms with Crippen LogP contribution in [0.4, 0.5) is 51.2 Å². The summed E-state index contributed by atoms with van der Waals surface area (Å²) in [6.07, 6.45) is 0. The van der Waals surface area contributed by atoms with Gasteiger partial charge in [0.15, 0.2) is 0 Å². The van der Waals surface area contributed by atoms with Crippen LogP contribution in [0.5, 0.6) is 0 Å². The monoisotopic (exact) mass is 1080 g/mol. The second kappa shape index (κ2) is 19.3. The molecule has 0 fully saturated rings. The molecular weight excluding hydrogens is 1010 g/mol. The summed E-state index contributed by atoms with van der Waals surface area (Å²) < 4.78 is 6.45. The van der Waals surface area contributed by atoms with E-state index in [9.17, 15) is 0 Å². The van der Waals surface area contributed by atoms with E-state index in [0.717, 1.165) is 61.5 Å². The van der Waals surface area contributed by atoms with Gasteiger partial charge in [-0.05, 0) is 175 Å². The fraction of sp³-hybridized carbons (Fsp3) is 0.179. The van der Waals surface area contributed by atoms with E-state index >= 15 is 0 Å². The molecule has 0 unspecified atom stereocenters. The lowest BCUT2D eigenvalue weighted by molar-refractivity contribution is 0.586. The van der Waals surface area contributed by atoms with E-state index in [0.29, 0.717) is 0 Å². The van der Waals surface area contributed by atoms with Gasteiger partial charge in [-0.25, -0.2) is 0 Å². The van der Waals surface area contributed by atoms with Gasteiger partial charge in [-0.2, -0.15) is 0 Å². The zero-order valence-electron chi connectivity index (χ0n) is 49.7. The maximum absolute atomic E-state index is 6.45. The largest absolute Gasteiger partial charge is 0.456 e. The minimum Gasteiger partial charge on any atom is -0.456 e. The predicted molar refractivity (Wildman–Crippen MR) is 356 cm³/mol. The van der Waals surface area contributed by atoms with Crippen LogP contribution in [0.15, 0.2) is 229 Å². The highest BCUT2D eigenvalue weighted by molar-refractivity contribution is 7.00. The van der Waals surface area contributed by atoms with Crippen molar-refractivity contribution in [1.29, 1.82) is 0 Å². The maximum Gasteiger partial charge on any atom is 0.252 e. The lowest BCUT2D eigenvalue weighted by atomic mass is 9.33. The number of rotatable bonds is 7. The first kappa shape index (κ1) is 52.0. The molecule has 5 heteroatoms. The molecule has 0 atom stereocenters. The molecule has 0 spiro atoms. The molecule has 406 valence electrons. The summed E-state index contributed by atoms with van der Waals surface area (Å²) in [5.74, 6) is 0. The third-order valence-corrected chi connectivity index (χ3v) is 17.7. The highest BCUT2D eigenvalue weighted by atomic mass is 16.3. The predicted octanol–water partition coefficient (Wildman–Crippen LogP) is 20.1. The first-order valence-corrected chi connectivity index (χ1v) is 29.5. The Bertz CT molecular complexity index is 4520. The molecule has 0 amide bonds. The van der Waals surface area contributed by atoms with Gasteiger partial charge in [0.2, 0.25) is 0 Å². The van der Waals surface area contributed by atoms with Gasteiger partial charge in [0.25, 0.3) is 6.71 Å². The number of hydrogen-bond acceptors (Lipinski definition) is 4. The quantitative estimate of drug-likeness (QED) is 0.148. The summed E-state index contributed by atoms with van der Waals surface area (Å²) in [7, 11) is 0. The molecule has 2 aliphatic heterocycles. The third kappa shape index (κ3) is 8.57. The van der Waals surface area contributed by atoms with Crippen molar-refractivity contribution in [3.8, 4) is 22.3 Å². The summed E-state index contributed by atoms with van der Waals surface area (Å²) in [6.45, 7) is 25.8. The van der Waals surface area contributed by atoms with Gasteiger partial charge in [0.05, 0.1) is 5.69 Å². The number of aryl methyl sites for hydroxylation is 1. The zero-order chi connectivity index (χ0) is 57.3. The zero-order valence-corrected chi connectivity index (χ0v) is 49.7. The number of anilines is 9. The Labute approximate surface area is 490 Å². The van der Waals surface area contributed by atoms with Crippen LogP contribution in [-0.4, -0.2) is 6.71 Å². The van der Waals surface area contributed by atoms with Crippen molar-refractivity contribution in [1.82, 2.24) is 0 Å². The second-order valence-corrected chi connectivity index (χ2v) is 26.2. The molecule has 0 bridgehead atoms. The van der Waals surface area contributed by atoms with Gasteiger partial charge < -0.3 is 19.1 Å². The van der Waals surface area contributed by atoms with Gasteiger partial charge >= 0.3 is 0 Å². The van der Waals surface area contributed by atoms with Crippen molar-refractivity contribution >= 4 is 107 Å². The Balaban J connectivity index is 1.08. The van der Waals surface area contributed by atoms with Crippen LogP contribution in [0, 0.1) is 13.8 Å². The van der Waals surface area contributed by atoms with E-state index in [1.165, 1.54) is 88.9 Å². The lowest BCUT2D eigenvalue weighted by Crippen LogP contribution is -2.62. The first-order valence-electron chi connectivity index (χ1n) is 29.5. The van der Waals surface area contributed by atoms with E-state index in [4.69, 9.17) is 4.42 Å². The second-order valence-electron chi connectivity index (χ2n) is 26.2. The molecule has 12 aromatic rings. The third-order valence-electron chi connectivity index (χ3n) is 17.7. The van der Waals surface area contributed by atoms with Crippen LogP contribution in [0.25, 0.3) is 55.0 Å². The number of nitrogens with zero attached hydrogens (tertiary/aromatic N) is 3. The number of furan rings is 1. The van der Waals surface area contributed by atoms with E-state index < -0.39 is 0 Å². The van der Waals surface area contributed by atoms with Crippen molar-refractivity contribution in [3.63, 3.8) is 0 Å². The molecule has 0 aliphatic carbocycles. The molecule has 0 N–H and O–H groups in total. The van der Waals surface area contributed by atoms with E-state index in [1.807, 2.05) is 0 Å². The molecule has 83 heavy (non-hydrogen) atoms. The Hall–Kier alpha value is -9.06. The normalized spacial score (nSPS) is 13.2. The average Bonchev–Trinajstić information content (AvgIpc) is 2.19. The summed E-state index contributed by atoms with van der Waals surface area (Å²) in [5, 5.41) is 4.68. The molecule has 0 radical (unpaired) electrons. The highest BCUT2D eigenvalue weighted by Gasteiger charge is 2.46. The molecule has 0 saturated carbocycles. The van der Waals surface area contributed by atoms with Crippen LogP contribution < -0.4 is 31.1 Å². The van der Waals surface area contributed by atoms with Crippen molar-refractivity contribution in [2.75, 3.05) is 14.7 Å². The Morgan fingerprint density at radius 3 is 1.78 bits per heavy atom. The van der Waals surface area contributed by atoms with Crippen molar-refractivity contribution < 1.29 is 4.42 Å². The summed E-state index contributed by atoms with van der Waals surface area (Å²) in [5.41, 5.74) is 27.1. The molecule has 0 saturated heterocycles. The maximum atomic E-state index is 6.45. The molecule has 11 aromatic carbocycles. The summed E-state index contributed by atoms with van der Waals surface area (Å²) in [6, 6.07) is 83.9. The van der Waals surface area contributed by atoms with Crippen molar-refractivity contribution in [2.45, 2.75) is 92.4 Å². The summed E-state index contributed by atoms with van der Waals surface area (Å²) >= 11 is 0. The van der Waals surface area contributed by atoms with Gasteiger partial charge in [-0.1, -0.05) is 214 Å². The topological polar surface area (TPSA) is 22.9 Å². The van der Waals surface area contributed by atoms with Crippen molar-refractivity contribution in [3.05, 3.63) is 252 Å². The molecule has 3 heterocycles. The standard InChI is InChI=1S/C78H70BN3O/c1-49-45-55(77(6,7)8)46-65-74(49)82(58-40-36-54(37-41-58)76(3,4)5)75-50(2)63(78(9,10)11)48-68-73(75)79(65)64-43-42-59(80(56-26-16-13-17-27-56)66-44-35-51-23-18-19-28-60(51)71(66)53-24-14-12-15-25-53)47-67(64)81(68)57-38-33-52(34-39-57)61-30-22-32-70-72(61)62-29-20-21-31-69(62)83-70/h12-48H,1-11H3. The Kier molecular flexibility index (Phi) is 12.1. The van der Waals surface area contributed by atoms with Gasteiger partial charge in [0, 0.05) is 61.8 Å². The van der Waals surface area contributed by atoms with E-state index in [2.05, 4.69) is 315 Å². The van der Waals surface area contributed by atoms with Crippen LogP contribution in [0.2, 0.25) is 0 Å². The van der Waals surface area contributed by atoms with Crippen LogP contribution in [0.3, 0.4) is 0 Å². The van der Waals surface area contributed by atoms with Gasteiger partial charge in [0.1, 0.15) is 11.2 Å². The van der Waals surface area contributed by atoms with Crippen LogP contribution >= 0.6 is 0 Å². The number of hydrogen-bond donors (Lipinski definition) is 0. The molecule has 4 nitrogen and oxygen atoms in total. The SMILES string of the molecule is Cc1cc(C(C)(C)C)cc2c1N(c1ccc(C(C)(C)C)cc1)c1c(C)c(C(C)(C)C)cc3c1B2c1ccc(N(c2ccccc2)c2ccc4ccccc4c2-c2ccccc2)cc1N3c1ccc(-c2cccc3oc4ccccc4c23)cc1. The van der Waals surface area contributed by atoms with E-state index in [1.54, 1.807) is 0 Å². The number of para-hydroxylation sites is 2. The first-order chi connectivity index (χ1) is 39.9. The summed E-state index contributed by atoms with van der Waals surface area (Å²) in [4.78, 5) is 7.74. The molecular formula is C78H70BN3O. The molecule has 14 rings (SSSR count). The van der Waals surface area contributed by atoms with E-state index in [-0.39, 0.29) is 23.0 Å². The minimum atomic E-state index is -0.198. The smallest absolute Gasteiger partial charge is 0.252 e. The minimum absolute atomic E-state index is 0.00708. The van der Waals surface area contributed by atoms with Crippen LogP contribution in [-0.2, 0) is 16.2 Å². The molecule has 1 aromatic heterocycles. The fourth-order valence-electron chi connectivity index (χ4n) is 13.7. The van der Waals surface area contributed by atoms with Crippen molar-refractivity contribution in [2.24, 2.45) is 0 Å². The Morgan fingerprint density at radius 2 is 1.07 bits per heavy atom. The number of fused-ring (bicyclic) bond motifs is 8. The number of benzene rings is 11. The average molecular weight is 1080 g/mol. The van der Waals surface area contributed by atoms with Gasteiger partial charge in [-0.3, -0.25) is 0 Å². The lowest BCUT2D eigenvalue weighted by Gasteiger charge is -2.47. The Morgan fingerprint density at radius 1 is 0.434 bits per heavy atom. The van der Waals surface area contributed by atoms with Gasteiger partial charge in [-0.15, -0.1) is 0 Å². The van der Waals surface area contributed by atoms with Crippen LogP contribution in [0.1, 0.15) is 90.1 Å². The molecule has 2 aliphatic rings.